The highest BCUT2D eigenvalue weighted by Crippen LogP contribution is 2.25. The van der Waals surface area contributed by atoms with Gasteiger partial charge in [0.05, 0.1) is 16.7 Å². The lowest BCUT2D eigenvalue weighted by atomic mass is 10.0. The summed E-state index contributed by atoms with van der Waals surface area (Å²) in [6, 6.07) is 8.52. The SMILES string of the molecule is O=[N+]([O-])c1ccc(N=NC#CC2=CC=CC3=CC=CC=C2C3)cc1. The molecule has 0 saturated heterocycles. The Bertz CT molecular complexity index is 902. The van der Waals surface area contributed by atoms with Crippen LogP contribution in [0.5, 0.6) is 0 Å². The number of non-ortho nitro benzene ring substituents is 1. The van der Waals surface area contributed by atoms with Crippen molar-refractivity contribution in [3.63, 3.8) is 0 Å². The van der Waals surface area contributed by atoms with E-state index in [4.69, 9.17) is 0 Å². The number of nitro groups is 1. The molecule has 2 aliphatic carbocycles. The van der Waals surface area contributed by atoms with Crippen molar-refractivity contribution in [2.24, 2.45) is 10.2 Å². The van der Waals surface area contributed by atoms with Gasteiger partial charge in [-0.25, -0.2) is 0 Å². The molecule has 5 heteroatoms. The Hall–Kier alpha value is -3.52. The molecule has 0 aliphatic heterocycles. The fraction of sp³-hybridized carbons (Fsp3) is 0.0526. The summed E-state index contributed by atoms with van der Waals surface area (Å²) in [5, 5.41) is 18.4. The molecule has 0 saturated carbocycles. The molecule has 0 aromatic heterocycles. The summed E-state index contributed by atoms with van der Waals surface area (Å²) in [4.78, 5) is 10.1. The number of fused-ring (bicyclic) bond motifs is 2. The quantitative estimate of drug-likeness (QED) is 0.335. The van der Waals surface area contributed by atoms with Crippen LogP contribution in [0, 0.1) is 22.1 Å². The van der Waals surface area contributed by atoms with Crippen LogP contribution < -0.4 is 0 Å². The van der Waals surface area contributed by atoms with Crippen LogP contribution in [0.3, 0.4) is 0 Å². The second kappa shape index (κ2) is 7.16. The predicted octanol–water partition coefficient (Wildman–Crippen LogP) is 4.95. The molecule has 2 bridgehead atoms. The Balaban J connectivity index is 1.73. The van der Waals surface area contributed by atoms with E-state index in [0.717, 1.165) is 17.6 Å². The van der Waals surface area contributed by atoms with E-state index in [9.17, 15) is 10.1 Å². The number of hydrogen-bond acceptors (Lipinski definition) is 4. The number of hydrogen-bond donors (Lipinski definition) is 0. The van der Waals surface area contributed by atoms with E-state index in [2.05, 4.69) is 34.3 Å². The molecular weight excluding hydrogens is 302 g/mol. The van der Waals surface area contributed by atoms with Gasteiger partial charge in [0.1, 0.15) is 0 Å². The van der Waals surface area contributed by atoms with Crippen LogP contribution in [-0.4, -0.2) is 4.92 Å². The first-order chi connectivity index (χ1) is 11.7. The maximum absolute atomic E-state index is 10.6. The van der Waals surface area contributed by atoms with Crippen molar-refractivity contribution in [1.82, 2.24) is 0 Å². The van der Waals surface area contributed by atoms with Crippen molar-refractivity contribution in [2.75, 3.05) is 0 Å². The zero-order valence-electron chi connectivity index (χ0n) is 12.7. The molecule has 0 fully saturated rings. The minimum atomic E-state index is -0.454. The molecule has 0 radical (unpaired) electrons. The third kappa shape index (κ3) is 3.81. The van der Waals surface area contributed by atoms with E-state index < -0.39 is 4.92 Å². The van der Waals surface area contributed by atoms with Crippen LogP contribution >= 0.6 is 0 Å². The van der Waals surface area contributed by atoms with E-state index in [1.165, 1.54) is 29.8 Å². The van der Waals surface area contributed by atoms with Gasteiger partial charge in [-0.15, -0.1) is 5.11 Å². The Morgan fingerprint density at radius 2 is 1.83 bits per heavy atom. The summed E-state index contributed by atoms with van der Waals surface area (Å²) in [7, 11) is 0. The number of azo groups is 1. The third-order valence-corrected chi connectivity index (χ3v) is 3.50. The highest BCUT2D eigenvalue weighted by atomic mass is 16.6. The Morgan fingerprint density at radius 1 is 1.04 bits per heavy atom. The molecule has 0 unspecified atom stereocenters. The molecule has 24 heavy (non-hydrogen) atoms. The van der Waals surface area contributed by atoms with Crippen molar-refractivity contribution in [3.05, 3.63) is 93.6 Å². The minimum absolute atomic E-state index is 0.0210. The van der Waals surface area contributed by atoms with Crippen LogP contribution in [0.25, 0.3) is 0 Å². The summed E-state index contributed by atoms with van der Waals surface area (Å²) in [6.07, 6.45) is 15.0. The zero-order chi connectivity index (χ0) is 16.8. The van der Waals surface area contributed by atoms with Crippen molar-refractivity contribution in [1.29, 1.82) is 0 Å². The first-order valence-corrected chi connectivity index (χ1v) is 7.34. The highest BCUT2D eigenvalue weighted by Gasteiger charge is 2.08. The van der Waals surface area contributed by atoms with Gasteiger partial charge in [-0.3, -0.25) is 10.1 Å². The summed E-state index contributed by atoms with van der Waals surface area (Å²) < 4.78 is 0. The molecule has 0 amide bonds. The van der Waals surface area contributed by atoms with Crippen molar-refractivity contribution >= 4 is 11.4 Å². The Morgan fingerprint density at radius 3 is 2.62 bits per heavy atom. The Kier molecular flexibility index (Phi) is 4.59. The smallest absolute Gasteiger partial charge is 0.258 e. The average molecular weight is 315 g/mol. The fourth-order valence-corrected chi connectivity index (χ4v) is 2.29. The normalized spacial score (nSPS) is 15.6. The van der Waals surface area contributed by atoms with Crippen LogP contribution in [-0.2, 0) is 0 Å². The van der Waals surface area contributed by atoms with Crippen LogP contribution in [0.2, 0.25) is 0 Å². The molecule has 1 aromatic rings. The fourth-order valence-electron chi connectivity index (χ4n) is 2.29. The lowest BCUT2D eigenvalue weighted by molar-refractivity contribution is -0.384. The van der Waals surface area contributed by atoms with Crippen LogP contribution in [0.1, 0.15) is 6.42 Å². The lowest BCUT2D eigenvalue weighted by Crippen LogP contribution is -1.87. The first kappa shape index (κ1) is 15.4. The van der Waals surface area contributed by atoms with E-state index in [1.54, 1.807) is 0 Å². The molecular formula is C19H13N3O2. The molecule has 0 N–H and O–H groups in total. The number of nitro benzene ring substituents is 1. The zero-order valence-corrected chi connectivity index (χ0v) is 12.7. The molecule has 5 nitrogen and oxygen atoms in total. The van der Waals surface area contributed by atoms with Crippen molar-refractivity contribution in [3.8, 4) is 12.0 Å². The lowest BCUT2D eigenvalue weighted by Gasteiger charge is -2.02. The van der Waals surface area contributed by atoms with Crippen LogP contribution in [0.15, 0.2) is 93.7 Å². The van der Waals surface area contributed by atoms with Gasteiger partial charge < -0.3 is 0 Å². The number of benzene rings is 1. The van der Waals surface area contributed by atoms with Gasteiger partial charge in [0.25, 0.3) is 5.69 Å². The predicted molar refractivity (Wildman–Crippen MR) is 92.5 cm³/mol. The van der Waals surface area contributed by atoms with Gasteiger partial charge >= 0.3 is 0 Å². The van der Waals surface area contributed by atoms with Crippen LogP contribution in [0.4, 0.5) is 11.4 Å². The third-order valence-electron chi connectivity index (χ3n) is 3.50. The maximum Gasteiger partial charge on any atom is 0.269 e. The van der Waals surface area contributed by atoms with E-state index in [1.807, 2.05) is 30.4 Å². The van der Waals surface area contributed by atoms with Gasteiger partial charge in [0.2, 0.25) is 0 Å². The molecule has 0 heterocycles. The molecule has 0 atom stereocenters. The van der Waals surface area contributed by atoms with E-state index >= 15 is 0 Å². The molecule has 1 aromatic carbocycles. The maximum atomic E-state index is 10.6. The van der Waals surface area contributed by atoms with Crippen molar-refractivity contribution in [2.45, 2.75) is 6.42 Å². The summed E-state index contributed by atoms with van der Waals surface area (Å²) >= 11 is 0. The monoisotopic (exact) mass is 315 g/mol. The summed E-state index contributed by atoms with van der Waals surface area (Å²) in [5.74, 6) is 3.01. The Labute approximate surface area is 139 Å². The van der Waals surface area contributed by atoms with E-state index in [0.29, 0.717) is 5.69 Å². The van der Waals surface area contributed by atoms with Gasteiger partial charge in [0.15, 0.2) is 0 Å². The van der Waals surface area contributed by atoms with Crippen molar-refractivity contribution < 1.29 is 4.92 Å². The van der Waals surface area contributed by atoms with Gasteiger partial charge in [0, 0.05) is 17.7 Å². The summed E-state index contributed by atoms with van der Waals surface area (Å²) in [6.45, 7) is 0. The number of nitrogens with zero attached hydrogens (tertiary/aromatic N) is 3. The molecule has 116 valence electrons. The molecule has 3 rings (SSSR count). The number of allylic oxidation sites excluding steroid dienone is 10. The van der Waals surface area contributed by atoms with Gasteiger partial charge in [-0.05, 0) is 41.7 Å². The van der Waals surface area contributed by atoms with Gasteiger partial charge in [-0.1, -0.05) is 41.6 Å². The van der Waals surface area contributed by atoms with Gasteiger partial charge in [-0.2, -0.15) is 0 Å². The highest BCUT2D eigenvalue weighted by molar-refractivity contribution is 5.55. The topological polar surface area (TPSA) is 67.9 Å². The average Bonchev–Trinajstić information content (AvgIpc) is 2.94. The summed E-state index contributed by atoms with van der Waals surface area (Å²) in [5.41, 5.74) is 3.82. The molecule has 0 spiro atoms. The molecule has 2 aliphatic rings. The second-order valence-electron chi connectivity index (χ2n) is 5.14. The first-order valence-electron chi connectivity index (χ1n) is 7.34. The largest absolute Gasteiger partial charge is 0.269 e. The number of rotatable bonds is 2. The standard InChI is InChI=1S/C19H13N3O2/c23-22(24)19-10-8-18(9-11-19)21-20-13-12-16-7-3-5-15-4-1-2-6-17(16)14-15/h1-11H,14H2. The minimum Gasteiger partial charge on any atom is -0.258 e. The second-order valence-corrected chi connectivity index (χ2v) is 5.14. The van der Waals surface area contributed by atoms with E-state index in [-0.39, 0.29) is 5.69 Å².